The summed E-state index contributed by atoms with van der Waals surface area (Å²) in [6, 6.07) is 2.78. The highest BCUT2D eigenvalue weighted by Crippen LogP contribution is 2.10. The Balaban J connectivity index is 3.23. The number of amides is 1. The minimum absolute atomic E-state index is 0.0963. The Morgan fingerprint density at radius 2 is 1.43 bits per heavy atom. The lowest BCUT2D eigenvalue weighted by molar-refractivity contribution is 0.0527. The molecule has 0 radical (unpaired) electrons. The van der Waals surface area contributed by atoms with Crippen molar-refractivity contribution in [2.75, 3.05) is 13.1 Å². The monoisotopic (exact) mass is 292 g/mol. The molecule has 0 aliphatic heterocycles. The van der Waals surface area contributed by atoms with Crippen molar-refractivity contribution in [2.24, 2.45) is 0 Å². The van der Waals surface area contributed by atoms with E-state index >= 15 is 0 Å². The third-order valence-corrected chi connectivity index (χ3v) is 2.63. The van der Waals surface area contributed by atoms with Crippen molar-refractivity contribution in [3.8, 4) is 0 Å². The van der Waals surface area contributed by atoms with Gasteiger partial charge in [0.15, 0.2) is 11.6 Å². The van der Waals surface area contributed by atoms with E-state index in [-0.39, 0.29) is 34.4 Å². The molecule has 0 saturated heterocycles. The number of rotatable bonds is 7. The number of nitrogens with zero attached hydrogens (tertiary/aromatic N) is 2. The van der Waals surface area contributed by atoms with Gasteiger partial charge in [0.1, 0.15) is 11.4 Å². The highest BCUT2D eigenvalue weighted by atomic mass is 16.2. The van der Waals surface area contributed by atoms with Gasteiger partial charge in [-0.15, -0.1) is 0 Å². The largest absolute Gasteiger partial charge is 0.293 e. The molecule has 0 atom stereocenters. The number of nitrogens with one attached hydrogen (secondary N) is 2. The summed E-state index contributed by atoms with van der Waals surface area (Å²) in [4.78, 5) is 39.4. The Morgan fingerprint density at radius 1 is 1.00 bits per heavy atom. The molecule has 0 fully saturated rings. The van der Waals surface area contributed by atoms with Crippen molar-refractivity contribution in [3.63, 3.8) is 0 Å². The van der Waals surface area contributed by atoms with Crippen molar-refractivity contribution < 1.29 is 14.4 Å². The van der Waals surface area contributed by atoms with Gasteiger partial charge < -0.3 is 0 Å². The summed E-state index contributed by atoms with van der Waals surface area (Å²) < 4.78 is 0. The number of aromatic nitrogens is 1. The van der Waals surface area contributed by atoms with Gasteiger partial charge in [-0.1, -0.05) is 13.8 Å². The molecule has 1 rings (SSSR count). The maximum absolute atomic E-state index is 12.4. The molecule has 1 aromatic heterocycles. The van der Waals surface area contributed by atoms with Crippen LogP contribution in [0.15, 0.2) is 12.1 Å². The second kappa shape index (κ2) is 7.61. The van der Waals surface area contributed by atoms with Gasteiger partial charge in [-0.3, -0.25) is 14.4 Å². The molecular weight excluding hydrogens is 272 g/mol. The van der Waals surface area contributed by atoms with Gasteiger partial charge in [-0.05, 0) is 12.1 Å². The number of ketones is 2. The maximum atomic E-state index is 12.4. The van der Waals surface area contributed by atoms with Gasteiger partial charge in [0, 0.05) is 32.5 Å². The molecule has 0 bridgehead atoms. The van der Waals surface area contributed by atoms with Crippen LogP contribution in [0.5, 0.6) is 0 Å². The standard InChI is InChI=1S/C14H20N4O3/c1-5-15-18(16-6-2)14(21)11-7-12(9(3)19)17-13(8-11)10(4)20/h7-8,15-16H,5-6H2,1-4H3. The van der Waals surface area contributed by atoms with E-state index in [0.29, 0.717) is 13.1 Å². The minimum Gasteiger partial charge on any atom is -0.293 e. The molecule has 2 N–H and O–H groups in total. The lowest BCUT2D eigenvalue weighted by Crippen LogP contribution is -2.51. The molecule has 0 spiro atoms. The fourth-order valence-corrected chi connectivity index (χ4v) is 1.66. The molecule has 0 aromatic carbocycles. The van der Waals surface area contributed by atoms with E-state index < -0.39 is 0 Å². The summed E-state index contributed by atoms with van der Waals surface area (Å²) in [6.07, 6.45) is 0. The van der Waals surface area contributed by atoms with E-state index in [1.807, 2.05) is 13.8 Å². The van der Waals surface area contributed by atoms with Crippen LogP contribution in [-0.4, -0.2) is 40.7 Å². The number of pyridine rings is 1. The van der Waals surface area contributed by atoms with Crippen LogP contribution in [0.3, 0.4) is 0 Å². The molecule has 0 aliphatic carbocycles. The number of hydrogen-bond acceptors (Lipinski definition) is 6. The lowest BCUT2D eigenvalue weighted by Gasteiger charge is -2.23. The second-order valence-electron chi connectivity index (χ2n) is 4.40. The van der Waals surface area contributed by atoms with Crippen LogP contribution in [0, 0.1) is 0 Å². The Morgan fingerprint density at radius 3 is 1.76 bits per heavy atom. The van der Waals surface area contributed by atoms with Crippen molar-refractivity contribution in [3.05, 3.63) is 29.1 Å². The predicted octanol–water partition coefficient (Wildman–Crippen LogP) is 0.978. The predicted molar refractivity (Wildman–Crippen MR) is 77.8 cm³/mol. The number of hydrazine groups is 2. The molecule has 0 aliphatic rings. The molecule has 0 unspecified atom stereocenters. The number of carbonyl (C=O) groups is 3. The lowest BCUT2D eigenvalue weighted by atomic mass is 10.1. The Hall–Kier alpha value is -2.12. The first-order valence-electron chi connectivity index (χ1n) is 6.76. The summed E-state index contributed by atoms with van der Waals surface area (Å²) in [5, 5.41) is 1.24. The highest BCUT2D eigenvalue weighted by molar-refractivity contribution is 6.01. The first kappa shape index (κ1) is 16.9. The van der Waals surface area contributed by atoms with Gasteiger partial charge >= 0.3 is 0 Å². The highest BCUT2D eigenvalue weighted by Gasteiger charge is 2.19. The van der Waals surface area contributed by atoms with E-state index in [1.165, 1.54) is 31.1 Å². The topological polar surface area (TPSA) is 91.4 Å². The van der Waals surface area contributed by atoms with Crippen LogP contribution in [0.25, 0.3) is 0 Å². The smallest absolute Gasteiger partial charge is 0.282 e. The summed E-state index contributed by atoms with van der Waals surface area (Å²) in [5.41, 5.74) is 6.14. The second-order valence-corrected chi connectivity index (χ2v) is 4.40. The fraction of sp³-hybridized carbons (Fsp3) is 0.429. The zero-order valence-electron chi connectivity index (χ0n) is 12.7. The molecule has 7 nitrogen and oxygen atoms in total. The molecule has 1 amide bonds. The van der Waals surface area contributed by atoms with E-state index in [4.69, 9.17) is 0 Å². The Bertz CT molecular complexity index is 519. The van der Waals surface area contributed by atoms with Gasteiger partial charge in [-0.25, -0.2) is 21.0 Å². The summed E-state index contributed by atoms with van der Waals surface area (Å²) in [5.74, 6) is -0.984. The Kier molecular flexibility index (Phi) is 6.13. The number of hydrogen-bond donors (Lipinski definition) is 2. The fourth-order valence-electron chi connectivity index (χ4n) is 1.66. The molecule has 0 saturated carbocycles. The van der Waals surface area contributed by atoms with E-state index in [2.05, 4.69) is 15.8 Å². The molecule has 1 heterocycles. The van der Waals surface area contributed by atoms with Crippen LogP contribution in [0.1, 0.15) is 59.0 Å². The summed E-state index contributed by atoms with van der Waals surface area (Å²) >= 11 is 0. The average Bonchev–Trinajstić information content (AvgIpc) is 2.45. The normalized spacial score (nSPS) is 10.3. The van der Waals surface area contributed by atoms with Crippen molar-refractivity contribution in [2.45, 2.75) is 27.7 Å². The maximum Gasteiger partial charge on any atom is 0.282 e. The van der Waals surface area contributed by atoms with E-state index in [9.17, 15) is 14.4 Å². The number of Topliss-reactive ketones (excluding diaryl/α,β-unsaturated/α-hetero) is 2. The van der Waals surface area contributed by atoms with E-state index in [0.717, 1.165) is 0 Å². The third kappa shape index (κ3) is 4.44. The van der Waals surface area contributed by atoms with Gasteiger partial charge in [0.2, 0.25) is 0 Å². The third-order valence-electron chi connectivity index (χ3n) is 2.63. The molecule has 7 heteroatoms. The molecule has 114 valence electrons. The van der Waals surface area contributed by atoms with Gasteiger partial charge in [-0.2, -0.15) is 0 Å². The van der Waals surface area contributed by atoms with Crippen molar-refractivity contribution in [1.29, 1.82) is 0 Å². The summed E-state index contributed by atoms with van der Waals surface area (Å²) in [6.45, 7) is 7.48. The van der Waals surface area contributed by atoms with Crippen molar-refractivity contribution in [1.82, 2.24) is 21.0 Å². The van der Waals surface area contributed by atoms with Gasteiger partial charge in [0.25, 0.3) is 5.91 Å². The van der Waals surface area contributed by atoms with Crippen molar-refractivity contribution >= 4 is 17.5 Å². The zero-order valence-corrected chi connectivity index (χ0v) is 12.7. The molecule has 21 heavy (non-hydrogen) atoms. The number of carbonyl (C=O) groups excluding carboxylic acids is 3. The first-order valence-corrected chi connectivity index (χ1v) is 6.76. The van der Waals surface area contributed by atoms with Gasteiger partial charge in [0.05, 0.1) is 0 Å². The van der Waals surface area contributed by atoms with Crippen LogP contribution < -0.4 is 10.9 Å². The Labute approximate surface area is 123 Å². The van der Waals surface area contributed by atoms with E-state index in [1.54, 1.807) is 0 Å². The quantitative estimate of drug-likeness (QED) is 0.575. The SMILES string of the molecule is CCNN(NCC)C(=O)c1cc(C(C)=O)nc(C(C)=O)c1. The molecular formula is C14H20N4O3. The summed E-state index contributed by atoms with van der Waals surface area (Å²) in [7, 11) is 0. The van der Waals surface area contributed by atoms with Crippen LogP contribution in [0.2, 0.25) is 0 Å². The van der Waals surface area contributed by atoms with Crippen LogP contribution in [0.4, 0.5) is 0 Å². The van der Waals surface area contributed by atoms with Crippen LogP contribution in [-0.2, 0) is 0 Å². The van der Waals surface area contributed by atoms with Crippen LogP contribution >= 0.6 is 0 Å². The molecule has 1 aromatic rings. The minimum atomic E-state index is -0.383. The zero-order chi connectivity index (χ0) is 16.0. The first-order chi connectivity index (χ1) is 9.90. The average molecular weight is 292 g/mol.